The molecule has 0 bridgehead atoms. The van der Waals surface area contributed by atoms with Crippen molar-refractivity contribution in [2.24, 2.45) is 11.7 Å². The molecule has 11 nitrogen and oxygen atoms in total. The van der Waals surface area contributed by atoms with Gasteiger partial charge in [0, 0.05) is 65.4 Å². The average Bonchev–Trinajstić information content (AvgIpc) is 3.08. The zero-order valence-electron chi connectivity index (χ0n) is 19.5. The van der Waals surface area contributed by atoms with Crippen LogP contribution in [0.4, 0.5) is 8.78 Å². The van der Waals surface area contributed by atoms with Gasteiger partial charge in [0.1, 0.15) is 12.3 Å². The molecule has 0 radical (unpaired) electrons. The number of rotatable bonds is 5. The molecule has 0 aromatic rings. The fourth-order valence-electron chi connectivity index (χ4n) is 5.82. The van der Waals surface area contributed by atoms with Crippen LogP contribution in [0.2, 0.25) is 0 Å². The Balaban J connectivity index is 1.18. The number of likely N-dealkylation sites (tertiary alicyclic amines) is 1. The minimum absolute atomic E-state index is 0.167. The van der Waals surface area contributed by atoms with Crippen LogP contribution in [0.15, 0.2) is 0 Å². The first-order chi connectivity index (χ1) is 16.4. The number of hydrazine groups is 1. The smallest absolute Gasteiger partial charge is 0.236 e. The Hall–Kier alpha value is -1.48. The molecule has 2 amide bonds. The van der Waals surface area contributed by atoms with E-state index >= 15 is 4.39 Å². The van der Waals surface area contributed by atoms with Gasteiger partial charge in [-0.15, -0.1) is 0 Å². The van der Waals surface area contributed by atoms with Crippen LogP contribution >= 0.6 is 0 Å². The van der Waals surface area contributed by atoms with E-state index in [0.717, 1.165) is 19.5 Å². The lowest BCUT2D eigenvalue weighted by molar-refractivity contribution is -0.136. The van der Waals surface area contributed by atoms with Crippen LogP contribution in [0.5, 0.6) is 0 Å². The molecule has 6 N–H and O–H groups in total. The molecule has 7 atom stereocenters. The summed E-state index contributed by atoms with van der Waals surface area (Å²) in [6, 6.07) is -0.862. The second kappa shape index (κ2) is 10.2. The number of carbonyl (C=O) groups is 2. The Morgan fingerprint density at radius 1 is 1.03 bits per heavy atom. The highest BCUT2D eigenvalue weighted by Crippen LogP contribution is 2.24. The molecule has 0 saturated carbocycles. The molecule has 5 aliphatic heterocycles. The van der Waals surface area contributed by atoms with Crippen molar-refractivity contribution >= 4 is 11.8 Å². The van der Waals surface area contributed by atoms with Gasteiger partial charge in [0.25, 0.3) is 0 Å². The van der Waals surface area contributed by atoms with E-state index in [-0.39, 0.29) is 31.4 Å². The third kappa shape index (κ3) is 4.92. The number of alkyl halides is 2. The van der Waals surface area contributed by atoms with Gasteiger partial charge in [-0.25, -0.2) is 19.2 Å². The molecule has 0 spiro atoms. The summed E-state index contributed by atoms with van der Waals surface area (Å²) in [6.45, 7) is 5.83. The Kier molecular flexibility index (Phi) is 7.30. The minimum atomic E-state index is -1.12. The molecule has 5 saturated heterocycles. The van der Waals surface area contributed by atoms with Crippen molar-refractivity contribution in [2.45, 2.75) is 43.2 Å². The maximum absolute atomic E-state index is 15.1. The van der Waals surface area contributed by atoms with Crippen molar-refractivity contribution in [2.75, 3.05) is 72.0 Å². The van der Waals surface area contributed by atoms with E-state index in [2.05, 4.69) is 31.2 Å². The van der Waals surface area contributed by atoms with E-state index in [4.69, 9.17) is 5.73 Å². The fraction of sp³-hybridized carbons (Fsp3) is 0.905. The van der Waals surface area contributed by atoms with Crippen molar-refractivity contribution in [3.8, 4) is 0 Å². The van der Waals surface area contributed by atoms with Crippen molar-refractivity contribution in [3.63, 3.8) is 0 Å². The maximum Gasteiger partial charge on any atom is 0.236 e. The van der Waals surface area contributed by atoms with Gasteiger partial charge in [-0.2, -0.15) is 0 Å². The molecule has 13 heteroatoms. The molecule has 7 unspecified atom stereocenters. The number of amides is 2. The summed E-state index contributed by atoms with van der Waals surface area (Å²) in [5.41, 5.74) is 9.16. The molecule has 0 aromatic carbocycles. The minimum Gasteiger partial charge on any atom is -0.350 e. The van der Waals surface area contributed by atoms with Gasteiger partial charge in [-0.3, -0.25) is 24.7 Å². The van der Waals surface area contributed by atoms with E-state index in [1.807, 2.05) is 4.90 Å². The SMILES string of the molecule is NC1NN2CC(F)CNC2C1C(=O)NC1CNCC(F)C1N1CCN(CC(=O)N2CCC2)CC1. The Bertz CT molecular complexity index is 752. The monoisotopic (exact) mass is 485 g/mol. The molecular weight excluding hydrogens is 448 g/mol. The summed E-state index contributed by atoms with van der Waals surface area (Å²) in [4.78, 5) is 31.6. The quantitative estimate of drug-likeness (QED) is 0.272. The fourth-order valence-corrected chi connectivity index (χ4v) is 5.82. The molecule has 0 aromatic heterocycles. The van der Waals surface area contributed by atoms with Crippen LogP contribution in [-0.2, 0) is 9.59 Å². The van der Waals surface area contributed by atoms with Gasteiger partial charge in [-0.1, -0.05) is 0 Å². The molecule has 5 fully saturated rings. The maximum atomic E-state index is 15.1. The number of fused-ring (bicyclic) bond motifs is 1. The van der Waals surface area contributed by atoms with E-state index in [0.29, 0.717) is 39.3 Å². The number of halogens is 2. The van der Waals surface area contributed by atoms with Crippen LogP contribution in [0.25, 0.3) is 0 Å². The van der Waals surface area contributed by atoms with E-state index in [1.165, 1.54) is 0 Å². The summed E-state index contributed by atoms with van der Waals surface area (Å²) in [5.74, 6) is -0.708. The zero-order valence-corrected chi connectivity index (χ0v) is 19.5. The third-order valence-electron chi connectivity index (χ3n) is 7.83. The van der Waals surface area contributed by atoms with Gasteiger partial charge in [0.05, 0.1) is 36.9 Å². The van der Waals surface area contributed by atoms with Gasteiger partial charge in [-0.05, 0) is 6.42 Å². The zero-order chi connectivity index (χ0) is 23.8. The van der Waals surface area contributed by atoms with Crippen LogP contribution < -0.4 is 27.1 Å². The number of nitrogens with zero attached hydrogens (tertiary/aromatic N) is 4. The van der Waals surface area contributed by atoms with Crippen molar-refractivity contribution in [3.05, 3.63) is 0 Å². The molecule has 192 valence electrons. The van der Waals surface area contributed by atoms with Crippen LogP contribution in [0.3, 0.4) is 0 Å². The number of hydrogen-bond acceptors (Lipinski definition) is 9. The molecule has 5 rings (SSSR count). The molecule has 5 heterocycles. The largest absolute Gasteiger partial charge is 0.350 e. The first-order valence-corrected chi connectivity index (χ1v) is 12.5. The molecule has 0 aliphatic carbocycles. The van der Waals surface area contributed by atoms with Crippen LogP contribution in [0, 0.1) is 5.92 Å². The lowest BCUT2D eigenvalue weighted by atomic mass is 9.94. The molecule has 5 aliphatic rings. The van der Waals surface area contributed by atoms with E-state index < -0.39 is 42.7 Å². The van der Waals surface area contributed by atoms with Crippen LogP contribution in [-0.4, -0.2) is 140 Å². The number of nitrogens with two attached hydrogens (primary N) is 1. The summed E-state index contributed by atoms with van der Waals surface area (Å²) < 4.78 is 28.9. The number of carbonyl (C=O) groups excluding carboxylic acids is 2. The standard InChI is InChI=1S/C21H37F2N9O2/c22-13-8-26-20-17(19(24)28-32(20)11-13)21(34)27-15-10-25-9-14(23)18(15)31-6-4-29(5-7-31)12-16(33)30-2-1-3-30/h13-15,17-20,25-26,28H,1-12,24H2,(H,27,34). The number of piperidine rings is 1. The average molecular weight is 486 g/mol. The normalized spacial score (nSPS) is 40.0. The number of piperazine rings is 1. The Morgan fingerprint density at radius 2 is 1.79 bits per heavy atom. The molecule has 34 heavy (non-hydrogen) atoms. The predicted molar refractivity (Wildman–Crippen MR) is 121 cm³/mol. The number of nitrogens with one attached hydrogen (secondary N) is 4. The number of hydrogen-bond donors (Lipinski definition) is 5. The van der Waals surface area contributed by atoms with Gasteiger partial charge in [0.2, 0.25) is 11.8 Å². The second-order valence-electron chi connectivity index (χ2n) is 10.1. The second-order valence-corrected chi connectivity index (χ2v) is 10.1. The lowest BCUT2D eigenvalue weighted by Gasteiger charge is -2.46. The van der Waals surface area contributed by atoms with Gasteiger partial charge < -0.3 is 21.3 Å². The van der Waals surface area contributed by atoms with E-state index in [1.54, 1.807) is 5.01 Å². The summed E-state index contributed by atoms with van der Waals surface area (Å²) >= 11 is 0. The Labute approximate surface area is 198 Å². The first-order valence-electron chi connectivity index (χ1n) is 12.5. The lowest BCUT2D eigenvalue weighted by Crippen LogP contribution is -2.68. The highest BCUT2D eigenvalue weighted by atomic mass is 19.1. The van der Waals surface area contributed by atoms with Gasteiger partial charge in [0.15, 0.2) is 0 Å². The van der Waals surface area contributed by atoms with Gasteiger partial charge >= 0.3 is 0 Å². The topological polar surface area (TPSA) is 121 Å². The first kappa shape index (κ1) is 24.2. The third-order valence-corrected chi connectivity index (χ3v) is 7.83. The molecular formula is C21H37F2N9O2. The van der Waals surface area contributed by atoms with E-state index in [9.17, 15) is 14.0 Å². The van der Waals surface area contributed by atoms with Crippen LogP contribution in [0.1, 0.15) is 6.42 Å². The highest BCUT2D eigenvalue weighted by Gasteiger charge is 2.48. The Morgan fingerprint density at radius 3 is 2.50 bits per heavy atom. The van der Waals surface area contributed by atoms with Crippen molar-refractivity contribution < 1.29 is 18.4 Å². The summed E-state index contributed by atoms with van der Waals surface area (Å²) in [5, 5.41) is 10.8. The predicted octanol–water partition coefficient (Wildman–Crippen LogP) is -3.38. The highest BCUT2D eigenvalue weighted by molar-refractivity contribution is 5.81. The van der Waals surface area contributed by atoms with Crippen molar-refractivity contribution in [1.29, 1.82) is 0 Å². The summed E-state index contributed by atoms with van der Waals surface area (Å²) in [7, 11) is 0. The van der Waals surface area contributed by atoms with Crippen molar-refractivity contribution in [1.82, 2.24) is 41.1 Å². The summed E-state index contributed by atoms with van der Waals surface area (Å²) in [6.07, 6.45) is -2.12.